The first-order valence-corrected chi connectivity index (χ1v) is 7.63. The molecule has 0 aromatic heterocycles. The van der Waals surface area contributed by atoms with E-state index in [0.29, 0.717) is 12.5 Å². The van der Waals surface area contributed by atoms with Crippen LogP contribution in [0.2, 0.25) is 0 Å². The Morgan fingerprint density at radius 3 is 1.06 bits per heavy atom. The SMILES string of the molecule is CS(=O)(=O)O.CS(=O)(=O)O.OCC#CC#CCO. The van der Waals surface area contributed by atoms with E-state index < -0.39 is 20.2 Å². The Morgan fingerprint density at radius 1 is 0.778 bits per heavy atom. The van der Waals surface area contributed by atoms with Crippen molar-refractivity contribution in [2.75, 3.05) is 25.7 Å². The first-order valence-electron chi connectivity index (χ1n) is 3.94. The standard InChI is InChI=1S/C6H6O2.2CH4O3S/c7-5-3-1-2-4-6-8;2*1-5(2,3)4/h7-8H,5-6H2;2*1H3,(H,2,3,4). The highest BCUT2D eigenvalue weighted by Crippen LogP contribution is 1.61. The van der Waals surface area contributed by atoms with Gasteiger partial charge in [-0.05, 0) is 11.8 Å². The molecule has 18 heavy (non-hydrogen) atoms. The third-order valence-corrected chi connectivity index (χ3v) is 0.397. The molecule has 0 spiro atoms. The summed E-state index contributed by atoms with van der Waals surface area (Å²) in [4.78, 5) is 0. The first kappa shape index (κ1) is 22.1. The van der Waals surface area contributed by atoms with Crippen molar-refractivity contribution in [1.82, 2.24) is 0 Å². The number of hydrogen-bond acceptors (Lipinski definition) is 6. The van der Waals surface area contributed by atoms with E-state index in [9.17, 15) is 16.8 Å². The molecule has 0 fully saturated rings. The molecule has 0 heterocycles. The molecule has 0 radical (unpaired) electrons. The zero-order valence-corrected chi connectivity index (χ0v) is 11.3. The average Bonchev–Trinajstić information content (AvgIpc) is 2.07. The molecule has 10 heteroatoms. The van der Waals surface area contributed by atoms with Crippen LogP contribution in [0.15, 0.2) is 0 Å². The Balaban J connectivity index is -0.000000197. The van der Waals surface area contributed by atoms with Crippen LogP contribution in [0.3, 0.4) is 0 Å². The molecule has 0 unspecified atom stereocenters. The Labute approximate surface area is 106 Å². The Hall–Kier alpha value is -1.14. The van der Waals surface area contributed by atoms with Gasteiger partial charge in [0.15, 0.2) is 0 Å². The van der Waals surface area contributed by atoms with Crippen LogP contribution in [0.4, 0.5) is 0 Å². The fourth-order valence-corrected chi connectivity index (χ4v) is 0.167. The Kier molecular flexibility index (Phi) is 15.1. The van der Waals surface area contributed by atoms with Gasteiger partial charge >= 0.3 is 0 Å². The van der Waals surface area contributed by atoms with Crippen molar-refractivity contribution < 1.29 is 36.2 Å². The lowest BCUT2D eigenvalue weighted by molar-refractivity contribution is 0.350. The van der Waals surface area contributed by atoms with Gasteiger partial charge in [0.2, 0.25) is 0 Å². The number of hydrogen-bond donors (Lipinski definition) is 4. The van der Waals surface area contributed by atoms with Gasteiger partial charge in [-0.2, -0.15) is 16.8 Å². The second-order valence-electron chi connectivity index (χ2n) is 2.39. The van der Waals surface area contributed by atoms with Crippen LogP contribution >= 0.6 is 0 Å². The zero-order chi connectivity index (χ0) is 15.2. The minimum atomic E-state index is -3.67. The van der Waals surface area contributed by atoms with E-state index >= 15 is 0 Å². The summed E-state index contributed by atoms with van der Waals surface area (Å²) in [7, 11) is -7.33. The van der Waals surface area contributed by atoms with Gasteiger partial charge in [-0.3, -0.25) is 9.11 Å². The molecule has 0 aliphatic carbocycles. The molecule has 0 aliphatic rings. The maximum atomic E-state index is 9.19. The Bertz CT molecular complexity index is 443. The lowest BCUT2D eigenvalue weighted by Crippen LogP contribution is -1.88. The van der Waals surface area contributed by atoms with E-state index in [1.165, 1.54) is 0 Å². The van der Waals surface area contributed by atoms with Crippen LogP contribution < -0.4 is 0 Å². The summed E-state index contributed by atoms with van der Waals surface area (Å²) in [6.07, 6.45) is 1.43. The van der Waals surface area contributed by atoms with E-state index in [1.54, 1.807) is 0 Å². The normalized spacial score (nSPS) is 9.00. The zero-order valence-electron chi connectivity index (χ0n) is 9.65. The number of aliphatic hydroxyl groups is 2. The molecular formula is C8H14O8S2. The molecule has 4 N–H and O–H groups in total. The van der Waals surface area contributed by atoms with E-state index in [-0.39, 0.29) is 13.2 Å². The molecule has 0 saturated carbocycles. The van der Waals surface area contributed by atoms with Gasteiger partial charge in [0, 0.05) is 0 Å². The van der Waals surface area contributed by atoms with E-state index in [1.807, 2.05) is 0 Å². The van der Waals surface area contributed by atoms with Crippen molar-refractivity contribution in [3.63, 3.8) is 0 Å². The van der Waals surface area contributed by atoms with E-state index in [0.717, 1.165) is 0 Å². The van der Waals surface area contributed by atoms with Crippen molar-refractivity contribution in [3.8, 4) is 23.7 Å². The van der Waals surface area contributed by atoms with Gasteiger partial charge in [-0.15, -0.1) is 0 Å². The van der Waals surface area contributed by atoms with Gasteiger partial charge in [-0.1, -0.05) is 11.8 Å². The predicted molar refractivity (Wildman–Crippen MR) is 64.7 cm³/mol. The minimum absolute atomic E-state index is 0.180. The summed E-state index contributed by atoms with van der Waals surface area (Å²) >= 11 is 0. The second-order valence-corrected chi connectivity index (χ2v) is 5.32. The summed E-state index contributed by atoms with van der Waals surface area (Å²) in [5.41, 5.74) is 0. The molecule has 0 atom stereocenters. The van der Waals surface area contributed by atoms with Crippen LogP contribution in [0.25, 0.3) is 0 Å². The average molecular weight is 302 g/mol. The largest absolute Gasteiger partial charge is 0.384 e. The fraction of sp³-hybridized carbons (Fsp3) is 0.500. The molecule has 0 aromatic carbocycles. The van der Waals surface area contributed by atoms with Gasteiger partial charge in [0.05, 0.1) is 12.5 Å². The van der Waals surface area contributed by atoms with Gasteiger partial charge < -0.3 is 10.2 Å². The molecule has 0 aromatic rings. The summed E-state index contributed by atoms with van der Waals surface area (Å²) in [5, 5.41) is 16.1. The summed E-state index contributed by atoms with van der Waals surface area (Å²) < 4.78 is 51.7. The van der Waals surface area contributed by atoms with Crippen LogP contribution in [0, 0.1) is 23.7 Å². The highest BCUT2D eigenvalue weighted by molar-refractivity contribution is 7.85. The van der Waals surface area contributed by atoms with Crippen LogP contribution in [0.1, 0.15) is 0 Å². The lowest BCUT2D eigenvalue weighted by Gasteiger charge is -1.69. The maximum Gasteiger partial charge on any atom is 0.261 e. The fourth-order valence-electron chi connectivity index (χ4n) is 0.167. The topological polar surface area (TPSA) is 149 Å². The van der Waals surface area contributed by atoms with Crippen LogP contribution in [0.5, 0.6) is 0 Å². The van der Waals surface area contributed by atoms with Crippen LogP contribution in [-0.4, -0.2) is 61.9 Å². The van der Waals surface area contributed by atoms with Crippen molar-refractivity contribution in [2.24, 2.45) is 0 Å². The van der Waals surface area contributed by atoms with Gasteiger partial charge in [0.1, 0.15) is 13.2 Å². The highest BCUT2D eigenvalue weighted by Gasteiger charge is 1.82. The van der Waals surface area contributed by atoms with Crippen molar-refractivity contribution in [1.29, 1.82) is 0 Å². The van der Waals surface area contributed by atoms with Gasteiger partial charge in [-0.25, -0.2) is 0 Å². The number of aliphatic hydroxyl groups excluding tert-OH is 2. The van der Waals surface area contributed by atoms with Gasteiger partial charge in [0.25, 0.3) is 20.2 Å². The maximum absolute atomic E-state index is 9.19. The lowest BCUT2D eigenvalue weighted by atomic mass is 10.5. The molecule has 0 saturated heterocycles. The summed E-state index contributed by atoms with van der Waals surface area (Å²) in [5.74, 6) is 9.24. The molecular weight excluding hydrogens is 288 g/mol. The molecule has 106 valence electrons. The smallest absolute Gasteiger partial charge is 0.261 e. The number of rotatable bonds is 0. The minimum Gasteiger partial charge on any atom is -0.384 e. The van der Waals surface area contributed by atoms with Crippen molar-refractivity contribution >= 4 is 20.2 Å². The van der Waals surface area contributed by atoms with Crippen molar-refractivity contribution in [3.05, 3.63) is 0 Å². The predicted octanol–water partition coefficient (Wildman–Crippen LogP) is -2.01. The summed E-state index contributed by atoms with van der Waals surface area (Å²) in [6.45, 7) is -0.361. The van der Waals surface area contributed by atoms with E-state index in [2.05, 4.69) is 23.7 Å². The quantitative estimate of drug-likeness (QED) is 0.296. The second kappa shape index (κ2) is 12.3. The molecule has 8 nitrogen and oxygen atoms in total. The third kappa shape index (κ3) is 192. The van der Waals surface area contributed by atoms with E-state index in [4.69, 9.17) is 19.3 Å². The van der Waals surface area contributed by atoms with Crippen LogP contribution in [-0.2, 0) is 20.2 Å². The van der Waals surface area contributed by atoms with Crippen molar-refractivity contribution in [2.45, 2.75) is 0 Å². The molecule has 0 bridgehead atoms. The molecule has 0 amide bonds. The molecule has 0 rings (SSSR count). The Morgan fingerprint density at radius 2 is 0.944 bits per heavy atom. The first-order chi connectivity index (χ1) is 7.91. The molecule has 0 aliphatic heterocycles. The monoisotopic (exact) mass is 302 g/mol. The third-order valence-electron chi connectivity index (χ3n) is 0.397. The highest BCUT2D eigenvalue weighted by atomic mass is 32.2. The summed E-state index contributed by atoms with van der Waals surface area (Å²) in [6, 6.07) is 0.